The van der Waals surface area contributed by atoms with Gasteiger partial charge in [-0.25, -0.2) is 4.79 Å². The highest BCUT2D eigenvalue weighted by Crippen LogP contribution is 2.09. The van der Waals surface area contributed by atoms with E-state index in [1.54, 1.807) is 27.7 Å². The van der Waals surface area contributed by atoms with E-state index in [1.165, 1.54) is 6.92 Å². The Morgan fingerprint density at radius 3 is 1.52 bits per heavy atom. The van der Waals surface area contributed by atoms with E-state index in [1.807, 2.05) is 0 Å². The number of amides is 1. The summed E-state index contributed by atoms with van der Waals surface area (Å²) in [5.41, 5.74) is 2.78. The summed E-state index contributed by atoms with van der Waals surface area (Å²) in [5.74, 6) is 0. The van der Waals surface area contributed by atoms with Crippen LogP contribution in [0, 0.1) is 0 Å². The van der Waals surface area contributed by atoms with Gasteiger partial charge in [0.25, 0.3) is 0 Å². The van der Waals surface area contributed by atoms with Crippen molar-refractivity contribution in [3.8, 4) is 0 Å². The van der Waals surface area contributed by atoms with Crippen LogP contribution in [0.3, 0.4) is 0 Å². The van der Waals surface area contributed by atoms with Gasteiger partial charge in [0, 0.05) is 0 Å². The van der Waals surface area contributed by atoms with Gasteiger partial charge in [-0.3, -0.25) is 0 Å². The summed E-state index contributed by atoms with van der Waals surface area (Å²) in [6.45, 7) is 7.27. The molecule has 0 saturated carbocycles. The molecule has 0 fully saturated rings. The van der Waals surface area contributed by atoms with Crippen LogP contribution in [0.1, 0.15) is 34.6 Å². The number of carbonyl (C=O) groups excluding carboxylic acids is 1. The number of carbonyl (C=O) groups is 1. The molecule has 0 aromatic carbocycles. The van der Waals surface area contributed by atoms with E-state index in [2.05, 4.69) is 5.32 Å². The number of ether oxygens (including phenoxy) is 1. The monoisotopic (exact) mass is 310 g/mol. The summed E-state index contributed by atoms with van der Waals surface area (Å²) in [4.78, 5) is 11.2. The molecule has 8 heteroatoms. The van der Waals surface area contributed by atoms with Crippen LogP contribution in [0.2, 0.25) is 0 Å². The van der Waals surface area contributed by atoms with Crippen LogP contribution in [0.4, 0.5) is 4.79 Å². The Balaban J connectivity index is 0. The minimum Gasteiger partial charge on any atom is -0.444 e. The Hall–Kier alpha value is -0.930. The van der Waals surface area contributed by atoms with E-state index in [0.717, 1.165) is 0 Å². The maximum absolute atomic E-state index is 11.2. The average Bonchev–Trinajstić information content (AvgIpc) is 2.37. The van der Waals surface area contributed by atoms with E-state index in [0.29, 0.717) is 0 Å². The zero-order valence-corrected chi connectivity index (χ0v) is 13.5. The molecule has 8 nitrogen and oxygen atoms in total. The summed E-state index contributed by atoms with van der Waals surface area (Å²) < 4.78 is 4.96. The maximum atomic E-state index is 11.2. The van der Waals surface area contributed by atoms with Gasteiger partial charge in [-0.15, -0.1) is 0 Å². The third-order valence-electron chi connectivity index (χ3n) is 2.22. The van der Waals surface area contributed by atoms with Crippen molar-refractivity contribution in [2.24, 2.45) is 5.73 Å². The zero-order valence-electron chi connectivity index (χ0n) is 13.5. The average molecular weight is 310 g/mol. The van der Waals surface area contributed by atoms with Gasteiger partial charge in [-0.05, 0) is 34.6 Å². The lowest BCUT2D eigenvalue weighted by Crippen LogP contribution is -2.53. The fraction of sp³-hybridized carbons (Fsp3) is 0.923. The minimum absolute atomic E-state index is 0.177. The SMILES string of the molecule is CC(CO)(CO)NC(=O)OC(C)(C)C.CC(N)(CO)CO. The van der Waals surface area contributed by atoms with Crippen LogP contribution in [-0.2, 0) is 4.74 Å². The smallest absolute Gasteiger partial charge is 0.408 e. The van der Waals surface area contributed by atoms with Gasteiger partial charge in [0.2, 0.25) is 0 Å². The number of aliphatic hydroxyl groups excluding tert-OH is 4. The van der Waals surface area contributed by atoms with Gasteiger partial charge in [0.05, 0.1) is 37.5 Å². The molecule has 0 saturated heterocycles. The van der Waals surface area contributed by atoms with Crippen LogP contribution in [0.5, 0.6) is 0 Å². The molecule has 128 valence electrons. The molecular formula is C13H30N2O6. The molecule has 0 heterocycles. The van der Waals surface area contributed by atoms with E-state index in [9.17, 15) is 4.79 Å². The van der Waals surface area contributed by atoms with Crippen LogP contribution in [0.15, 0.2) is 0 Å². The van der Waals surface area contributed by atoms with Gasteiger partial charge in [0.15, 0.2) is 0 Å². The predicted octanol–water partition coefficient (Wildman–Crippen LogP) is -1.06. The predicted molar refractivity (Wildman–Crippen MR) is 78.7 cm³/mol. The molecule has 0 aromatic rings. The molecule has 0 radical (unpaired) electrons. The molecule has 0 spiro atoms. The van der Waals surface area contributed by atoms with E-state index in [4.69, 9.17) is 30.9 Å². The molecule has 0 aliphatic rings. The van der Waals surface area contributed by atoms with E-state index in [-0.39, 0.29) is 26.4 Å². The van der Waals surface area contributed by atoms with Crippen molar-refractivity contribution in [3.05, 3.63) is 0 Å². The number of hydrogen-bond acceptors (Lipinski definition) is 7. The minimum atomic E-state index is -1.04. The molecule has 0 aliphatic carbocycles. The number of rotatable bonds is 5. The molecule has 21 heavy (non-hydrogen) atoms. The number of nitrogens with two attached hydrogens (primary N) is 1. The van der Waals surface area contributed by atoms with E-state index >= 15 is 0 Å². The second-order valence-corrected chi connectivity index (χ2v) is 6.47. The van der Waals surface area contributed by atoms with Crippen molar-refractivity contribution < 1.29 is 30.0 Å². The third-order valence-corrected chi connectivity index (χ3v) is 2.22. The molecule has 0 atom stereocenters. The molecule has 1 amide bonds. The topological polar surface area (TPSA) is 145 Å². The highest BCUT2D eigenvalue weighted by atomic mass is 16.6. The van der Waals surface area contributed by atoms with Crippen molar-refractivity contribution in [3.63, 3.8) is 0 Å². The molecule has 0 bridgehead atoms. The van der Waals surface area contributed by atoms with Crippen LogP contribution in [0.25, 0.3) is 0 Å². The Morgan fingerprint density at radius 2 is 1.33 bits per heavy atom. The summed E-state index contributed by atoms with van der Waals surface area (Å²) in [6.07, 6.45) is -0.650. The first-order valence-corrected chi connectivity index (χ1v) is 6.58. The largest absolute Gasteiger partial charge is 0.444 e. The number of aliphatic hydroxyl groups is 4. The Kier molecular flexibility index (Phi) is 9.75. The number of alkyl carbamates (subject to hydrolysis) is 1. The number of hydrogen-bond donors (Lipinski definition) is 6. The van der Waals surface area contributed by atoms with Crippen molar-refractivity contribution in [1.82, 2.24) is 5.32 Å². The van der Waals surface area contributed by atoms with Crippen molar-refractivity contribution in [2.75, 3.05) is 26.4 Å². The van der Waals surface area contributed by atoms with Gasteiger partial charge in [0.1, 0.15) is 5.60 Å². The normalized spacial score (nSPS) is 12.3. The first-order chi connectivity index (χ1) is 9.34. The van der Waals surface area contributed by atoms with Crippen LogP contribution < -0.4 is 11.1 Å². The molecule has 0 aromatic heterocycles. The van der Waals surface area contributed by atoms with E-state index < -0.39 is 22.8 Å². The first kappa shape index (κ1) is 22.4. The molecule has 0 aliphatic heterocycles. The van der Waals surface area contributed by atoms with Crippen molar-refractivity contribution >= 4 is 6.09 Å². The second kappa shape index (κ2) is 9.16. The molecule has 7 N–H and O–H groups in total. The lowest BCUT2D eigenvalue weighted by molar-refractivity contribution is 0.0331. The summed E-state index contributed by atoms with van der Waals surface area (Å²) in [6, 6.07) is 0. The lowest BCUT2D eigenvalue weighted by Gasteiger charge is -2.28. The van der Waals surface area contributed by atoms with Gasteiger partial charge < -0.3 is 36.2 Å². The summed E-state index contributed by atoms with van der Waals surface area (Å²) in [5, 5.41) is 36.8. The number of nitrogens with one attached hydrogen (secondary N) is 1. The van der Waals surface area contributed by atoms with Gasteiger partial charge >= 0.3 is 6.09 Å². The third kappa shape index (κ3) is 12.5. The van der Waals surface area contributed by atoms with Crippen molar-refractivity contribution in [2.45, 2.75) is 51.3 Å². The fourth-order valence-electron chi connectivity index (χ4n) is 0.729. The van der Waals surface area contributed by atoms with Gasteiger partial charge in [-0.2, -0.15) is 0 Å². The second-order valence-electron chi connectivity index (χ2n) is 6.47. The lowest BCUT2D eigenvalue weighted by atomic mass is 10.1. The molecular weight excluding hydrogens is 280 g/mol. The van der Waals surface area contributed by atoms with Gasteiger partial charge in [-0.1, -0.05) is 0 Å². The Morgan fingerprint density at radius 1 is 0.952 bits per heavy atom. The molecule has 0 unspecified atom stereocenters. The standard InChI is InChI=1S/C9H19NO4.C4H11NO2/c1-8(2,3)14-7(13)10-9(4,5-11)6-12;1-4(5,2-6)3-7/h11-12H,5-6H2,1-4H3,(H,10,13);6-7H,2-3,5H2,1H3. The van der Waals surface area contributed by atoms with Crippen LogP contribution >= 0.6 is 0 Å². The zero-order chi connectivity index (χ0) is 17.3. The quantitative estimate of drug-likeness (QED) is 0.379. The first-order valence-electron chi connectivity index (χ1n) is 6.58. The summed E-state index contributed by atoms with van der Waals surface area (Å²) >= 11 is 0. The van der Waals surface area contributed by atoms with Crippen molar-refractivity contribution in [1.29, 1.82) is 0 Å². The highest BCUT2D eigenvalue weighted by molar-refractivity contribution is 5.68. The Bertz CT molecular complexity index is 292. The highest BCUT2D eigenvalue weighted by Gasteiger charge is 2.27. The fourth-order valence-corrected chi connectivity index (χ4v) is 0.729. The summed E-state index contributed by atoms with van der Waals surface area (Å²) in [7, 11) is 0. The van der Waals surface area contributed by atoms with Crippen LogP contribution in [-0.4, -0.2) is 69.6 Å². The molecule has 0 rings (SSSR count). The maximum Gasteiger partial charge on any atom is 0.408 e. The Labute approximate surface area is 125 Å².